The Morgan fingerprint density at radius 2 is 1.83 bits per heavy atom. The fraction of sp³-hybridized carbons (Fsp3) is 0.348. The number of nitrogens with zero attached hydrogens (tertiary/aromatic N) is 2. The van der Waals surface area contributed by atoms with Crippen molar-refractivity contribution in [3.63, 3.8) is 0 Å². The number of carbonyl (C=O) groups is 3. The second kappa shape index (κ2) is 8.07. The molecule has 2 saturated heterocycles. The van der Waals surface area contributed by atoms with Crippen LogP contribution in [0.1, 0.15) is 31.7 Å². The average molecular weight is 391 g/mol. The van der Waals surface area contributed by atoms with Crippen LogP contribution in [-0.2, 0) is 20.8 Å². The van der Waals surface area contributed by atoms with Gasteiger partial charge < -0.3 is 15.1 Å². The van der Waals surface area contributed by atoms with Crippen molar-refractivity contribution in [1.82, 2.24) is 0 Å². The lowest BCUT2D eigenvalue weighted by Gasteiger charge is -2.18. The first-order valence-corrected chi connectivity index (χ1v) is 10.2. The molecule has 0 unspecified atom stereocenters. The first kappa shape index (κ1) is 19.2. The lowest BCUT2D eigenvalue weighted by atomic mass is 10.1. The molecule has 2 aliphatic heterocycles. The van der Waals surface area contributed by atoms with Crippen LogP contribution in [0.4, 0.5) is 17.1 Å². The van der Waals surface area contributed by atoms with E-state index in [2.05, 4.69) is 12.2 Å². The maximum Gasteiger partial charge on any atom is 0.229 e. The summed E-state index contributed by atoms with van der Waals surface area (Å²) >= 11 is 0. The predicted octanol–water partition coefficient (Wildman–Crippen LogP) is 3.37. The summed E-state index contributed by atoms with van der Waals surface area (Å²) in [5.74, 6) is -0.494. The molecule has 2 aromatic rings. The van der Waals surface area contributed by atoms with Crippen molar-refractivity contribution in [2.45, 2.75) is 32.6 Å². The summed E-state index contributed by atoms with van der Waals surface area (Å²) in [6.07, 6.45) is 2.57. The Hall–Kier alpha value is -3.15. The number of benzene rings is 2. The molecule has 1 N–H and O–H groups in total. The summed E-state index contributed by atoms with van der Waals surface area (Å²) in [6.45, 7) is 3.17. The number of nitrogens with one attached hydrogen (secondary N) is 1. The Morgan fingerprint density at radius 3 is 2.52 bits per heavy atom. The molecule has 0 radical (unpaired) electrons. The molecule has 0 aliphatic carbocycles. The third kappa shape index (κ3) is 4.01. The van der Waals surface area contributed by atoms with E-state index in [4.69, 9.17) is 0 Å². The first-order chi connectivity index (χ1) is 14.0. The standard InChI is InChI=1S/C23H25N3O3/c1-2-16-8-10-19(11-9-16)26-15-17(13-22(26)28)23(29)24-18-5-3-6-20(14-18)25-12-4-7-21(25)27/h3,5-6,8-11,14,17H,2,4,7,12-13,15H2,1H3,(H,24,29)/t17-/m1/s1. The molecule has 2 fully saturated rings. The second-order valence-electron chi connectivity index (χ2n) is 7.61. The van der Waals surface area contributed by atoms with Crippen molar-refractivity contribution < 1.29 is 14.4 Å². The third-order valence-electron chi connectivity index (χ3n) is 5.65. The molecule has 6 heteroatoms. The van der Waals surface area contributed by atoms with Gasteiger partial charge in [0.2, 0.25) is 17.7 Å². The fourth-order valence-corrected chi connectivity index (χ4v) is 3.96. The van der Waals surface area contributed by atoms with Gasteiger partial charge in [-0.05, 0) is 48.7 Å². The van der Waals surface area contributed by atoms with Crippen molar-refractivity contribution in [1.29, 1.82) is 0 Å². The number of rotatable bonds is 5. The predicted molar refractivity (Wildman–Crippen MR) is 113 cm³/mol. The van der Waals surface area contributed by atoms with Crippen molar-refractivity contribution in [3.8, 4) is 0 Å². The molecule has 2 heterocycles. The van der Waals surface area contributed by atoms with Crippen LogP contribution in [0.25, 0.3) is 0 Å². The van der Waals surface area contributed by atoms with Gasteiger partial charge >= 0.3 is 0 Å². The third-order valence-corrected chi connectivity index (χ3v) is 5.65. The van der Waals surface area contributed by atoms with Gasteiger partial charge in [0.15, 0.2) is 0 Å². The Balaban J connectivity index is 1.42. The van der Waals surface area contributed by atoms with Crippen molar-refractivity contribution in [3.05, 3.63) is 54.1 Å². The highest BCUT2D eigenvalue weighted by Gasteiger charge is 2.35. The van der Waals surface area contributed by atoms with Crippen LogP contribution >= 0.6 is 0 Å². The van der Waals surface area contributed by atoms with E-state index < -0.39 is 5.92 Å². The van der Waals surface area contributed by atoms with Gasteiger partial charge in [-0.1, -0.05) is 25.1 Å². The molecule has 29 heavy (non-hydrogen) atoms. The molecule has 0 bridgehead atoms. The Kier molecular flexibility index (Phi) is 5.34. The molecule has 3 amide bonds. The highest BCUT2D eigenvalue weighted by Crippen LogP contribution is 2.28. The number of hydrogen-bond donors (Lipinski definition) is 1. The van der Waals surface area contributed by atoms with E-state index in [1.54, 1.807) is 15.9 Å². The minimum atomic E-state index is -0.398. The largest absolute Gasteiger partial charge is 0.326 e. The van der Waals surface area contributed by atoms with Gasteiger partial charge in [0, 0.05) is 43.0 Å². The van der Waals surface area contributed by atoms with E-state index in [1.165, 1.54) is 5.56 Å². The monoisotopic (exact) mass is 391 g/mol. The maximum absolute atomic E-state index is 12.8. The van der Waals surface area contributed by atoms with Gasteiger partial charge in [-0.2, -0.15) is 0 Å². The van der Waals surface area contributed by atoms with Crippen LogP contribution in [0.5, 0.6) is 0 Å². The molecule has 4 rings (SSSR count). The summed E-state index contributed by atoms with van der Waals surface area (Å²) in [7, 11) is 0. The number of anilines is 3. The quantitative estimate of drug-likeness (QED) is 0.850. The van der Waals surface area contributed by atoms with Gasteiger partial charge in [0.1, 0.15) is 0 Å². The molecule has 2 aliphatic rings. The van der Waals surface area contributed by atoms with Crippen LogP contribution < -0.4 is 15.1 Å². The summed E-state index contributed by atoms with van der Waals surface area (Å²) in [6, 6.07) is 15.2. The van der Waals surface area contributed by atoms with E-state index in [0.717, 1.165) is 24.2 Å². The lowest BCUT2D eigenvalue weighted by Crippen LogP contribution is -2.28. The summed E-state index contributed by atoms with van der Waals surface area (Å²) in [5.41, 5.74) is 3.49. The second-order valence-corrected chi connectivity index (χ2v) is 7.61. The topological polar surface area (TPSA) is 69.7 Å². The number of hydrogen-bond acceptors (Lipinski definition) is 3. The molecular weight excluding hydrogens is 366 g/mol. The van der Waals surface area contributed by atoms with E-state index in [1.807, 2.05) is 42.5 Å². The van der Waals surface area contributed by atoms with E-state index in [0.29, 0.717) is 25.2 Å². The van der Waals surface area contributed by atoms with E-state index in [-0.39, 0.29) is 24.1 Å². The lowest BCUT2D eigenvalue weighted by molar-refractivity contribution is -0.122. The molecule has 1 atom stereocenters. The molecule has 150 valence electrons. The molecular formula is C23H25N3O3. The number of amides is 3. The maximum atomic E-state index is 12.8. The Bertz CT molecular complexity index is 939. The molecule has 0 aromatic heterocycles. The van der Waals surface area contributed by atoms with Crippen molar-refractivity contribution >= 4 is 34.8 Å². The van der Waals surface area contributed by atoms with E-state index >= 15 is 0 Å². The Labute approximate surface area is 170 Å². The number of aryl methyl sites for hydroxylation is 1. The van der Waals surface area contributed by atoms with Gasteiger partial charge in [0.05, 0.1) is 5.92 Å². The summed E-state index contributed by atoms with van der Waals surface area (Å²) in [4.78, 5) is 40.6. The zero-order valence-electron chi connectivity index (χ0n) is 16.6. The highest BCUT2D eigenvalue weighted by atomic mass is 16.2. The normalized spacial score (nSPS) is 19.1. The molecule has 2 aromatic carbocycles. The van der Waals surface area contributed by atoms with Gasteiger partial charge in [-0.25, -0.2) is 0 Å². The van der Waals surface area contributed by atoms with Gasteiger partial charge in [-0.15, -0.1) is 0 Å². The molecule has 0 spiro atoms. The van der Waals surface area contributed by atoms with Crippen LogP contribution in [0.3, 0.4) is 0 Å². The minimum Gasteiger partial charge on any atom is -0.326 e. The number of carbonyl (C=O) groups excluding carboxylic acids is 3. The summed E-state index contributed by atoms with van der Waals surface area (Å²) < 4.78 is 0. The summed E-state index contributed by atoms with van der Waals surface area (Å²) in [5, 5.41) is 2.92. The smallest absolute Gasteiger partial charge is 0.229 e. The molecule has 0 saturated carbocycles. The highest BCUT2D eigenvalue weighted by molar-refractivity contribution is 6.04. The van der Waals surface area contributed by atoms with Gasteiger partial charge in [0.25, 0.3) is 0 Å². The fourth-order valence-electron chi connectivity index (χ4n) is 3.96. The minimum absolute atomic E-state index is 0.0363. The van der Waals surface area contributed by atoms with Crippen molar-refractivity contribution in [2.24, 2.45) is 5.92 Å². The molecule has 6 nitrogen and oxygen atoms in total. The van der Waals surface area contributed by atoms with Crippen LogP contribution in [0.15, 0.2) is 48.5 Å². The zero-order chi connectivity index (χ0) is 20.4. The first-order valence-electron chi connectivity index (χ1n) is 10.2. The average Bonchev–Trinajstić information content (AvgIpc) is 3.34. The van der Waals surface area contributed by atoms with Crippen LogP contribution in [-0.4, -0.2) is 30.8 Å². The zero-order valence-corrected chi connectivity index (χ0v) is 16.6. The SMILES string of the molecule is CCc1ccc(N2C[C@H](C(=O)Nc3cccc(N4CCCC4=O)c3)CC2=O)cc1. The van der Waals surface area contributed by atoms with Crippen LogP contribution in [0, 0.1) is 5.92 Å². The van der Waals surface area contributed by atoms with Crippen LogP contribution in [0.2, 0.25) is 0 Å². The van der Waals surface area contributed by atoms with E-state index in [9.17, 15) is 14.4 Å². The van der Waals surface area contributed by atoms with Gasteiger partial charge in [-0.3, -0.25) is 14.4 Å². The van der Waals surface area contributed by atoms with Crippen molar-refractivity contribution in [2.75, 3.05) is 28.2 Å². The Morgan fingerprint density at radius 1 is 1.03 bits per heavy atom.